The minimum atomic E-state index is -0.110. The van der Waals surface area contributed by atoms with Crippen LogP contribution in [0.25, 0.3) is 0 Å². The number of carbonyl (C=O) groups is 2. The van der Waals surface area contributed by atoms with Crippen LogP contribution in [0.3, 0.4) is 0 Å². The second-order valence-electron chi connectivity index (χ2n) is 6.26. The van der Waals surface area contributed by atoms with E-state index >= 15 is 0 Å². The Morgan fingerprint density at radius 3 is 2.88 bits per heavy atom. The van der Waals surface area contributed by atoms with Crippen LogP contribution in [0.5, 0.6) is 0 Å². The van der Waals surface area contributed by atoms with Crippen LogP contribution < -0.4 is 10.2 Å². The van der Waals surface area contributed by atoms with Crippen molar-refractivity contribution in [3.63, 3.8) is 0 Å². The number of carbonyl (C=O) groups excluding carboxylic acids is 2. The van der Waals surface area contributed by atoms with Crippen LogP contribution in [0.15, 0.2) is 41.1 Å². The van der Waals surface area contributed by atoms with Crippen molar-refractivity contribution in [1.82, 2.24) is 10.2 Å². The number of hydrogen-bond donors (Lipinski definition) is 1. The van der Waals surface area contributed by atoms with Gasteiger partial charge in [-0.05, 0) is 53.9 Å². The molecule has 2 aromatic rings. The summed E-state index contributed by atoms with van der Waals surface area (Å²) in [7, 11) is 0. The Labute approximate surface area is 152 Å². The highest BCUT2D eigenvalue weighted by molar-refractivity contribution is 7.07. The Morgan fingerprint density at radius 1 is 1.40 bits per heavy atom. The smallest absolute Gasteiger partial charge is 0.321 e. The van der Waals surface area contributed by atoms with E-state index < -0.39 is 0 Å². The van der Waals surface area contributed by atoms with Gasteiger partial charge >= 0.3 is 6.03 Å². The molecule has 132 valence electrons. The maximum Gasteiger partial charge on any atom is 0.321 e. The van der Waals surface area contributed by atoms with Crippen molar-refractivity contribution in [3.05, 3.63) is 52.2 Å². The average Bonchev–Trinajstić information content (AvgIpc) is 3.30. The lowest BCUT2D eigenvalue weighted by Crippen LogP contribution is -2.37. The van der Waals surface area contributed by atoms with E-state index in [0.717, 1.165) is 17.7 Å². The van der Waals surface area contributed by atoms with E-state index in [1.54, 1.807) is 16.2 Å². The van der Waals surface area contributed by atoms with Crippen molar-refractivity contribution in [3.8, 4) is 0 Å². The Hall–Kier alpha value is -2.34. The molecule has 6 heteroatoms. The lowest BCUT2D eigenvalue weighted by Gasteiger charge is -2.29. The summed E-state index contributed by atoms with van der Waals surface area (Å²) < 4.78 is 0. The molecule has 1 aliphatic heterocycles. The predicted molar refractivity (Wildman–Crippen MR) is 101 cm³/mol. The fraction of sp³-hybridized carbons (Fsp3) is 0.368. The fourth-order valence-corrected chi connectivity index (χ4v) is 3.58. The van der Waals surface area contributed by atoms with Crippen molar-refractivity contribution in [2.75, 3.05) is 18.0 Å². The number of rotatable bonds is 6. The molecule has 1 atom stereocenters. The molecule has 1 N–H and O–H groups in total. The van der Waals surface area contributed by atoms with E-state index in [1.165, 1.54) is 0 Å². The molecule has 1 aromatic heterocycles. The molecule has 1 fully saturated rings. The summed E-state index contributed by atoms with van der Waals surface area (Å²) >= 11 is 1.64. The summed E-state index contributed by atoms with van der Waals surface area (Å²) in [6.45, 7) is 6.02. The minimum Gasteiger partial charge on any atom is -0.336 e. The molecule has 3 rings (SSSR count). The van der Waals surface area contributed by atoms with Crippen LogP contribution in [0, 0.1) is 0 Å². The molecular formula is C19H23N3O2S. The first kappa shape index (κ1) is 17.5. The highest BCUT2D eigenvalue weighted by Crippen LogP contribution is 2.22. The standard InChI is InChI=1S/C19H23N3O2S/c1-3-14(2)22(12-15-7-10-25-13-15)18(23)16-5-4-6-17(11-16)21-9-8-20-19(21)24/h4-7,10-11,13-14H,3,8-9,12H2,1-2H3,(H,20,24)/t14-/m1/s1. The lowest BCUT2D eigenvalue weighted by atomic mass is 10.1. The topological polar surface area (TPSA) is 52.7 Å². The maximum absolute atomic E-state index is 13.1. The van der Waals surface area contributed by atoms with E-state index in [2.05, 4.69) is 30.6 Å². The van der Waals surface area contributed by atoms with Crippen molar-refractivity contribution in [1.29, 1.82) is 0 Å². The lowest BCUT2D eigenvalue weighted by molar-refractivity contribution is 0.0672. The molecule has 0 radical (unpaired) electrons. The Balaban J connectivity index is 1.85. The van der Waals surface area contributed by atoms with Gasteiger partial charge in [-0.2, -0.15) is 11.3 Å². The second kappa shape index (κ2) is 7.70. The van der Waals surface area contributed by atoms with E-state index in [9.17, 15) is 9.59 Å². The molecule has 0 unspecified atom stereocenters. The van der Waals surface area contributed by atoms with E-state index in [0.29, 0.717) is 25.2 Å². The van der Waals surface area contributed by atoms with Crippen LogP contribution in [0.1, 0.15) is 36.2 Å². The quantitative estimate of drug-likeness (QED) is 0.857. The summed E-state index contributed by atoms with van der Waals surface area (Å²) in [5, 5.41) is 6.90. The number of benzene rings is 1. The van der Waals surface area contributed by atoms with Crippen LogP contribution in [0.2, 0.25) is 0 Å². The highest BCUT2D eigenvalue weighted by Gasteiger charge is 2.24. The van der Waals surface area contributed by atoms with Gasteiger partial charge in [-0.25, -0.2) is 4.79 Å². The van der Waals surface area contributed by atoms with Gasteiger partial charge in [-0.1, -0.05) is 13.0 Å². The summed E-state index contributed by atoms with van der Waals surface area (Å²) in [4.78, 5) is 28.6. The zero-order valence-electron chi connectivity index (χ0n) is 14.6. The Kier molecular flexibility index (Phi) is 5.38. The summed E-state index contributed by atoms with van der Waals surface area (Å²) in [5.74, 6) is 0.00186. The molecular weight excluding hydrogens is 334 g/mol. The summed E-state index contributed by atoms with van der Waals surface area (Å²) in [5.41, 5.74) is 2.53. The van der Waals surface area contributed by atoms with Gasteiger partial charge in [0.1, 0.15) is 0 Å². The summed E-state index contributed by atoms with van der Waals surface area (Å²) in [6, 6.07) is 9.44. The van der Waals surface area contributed by atoms with Crippen molar-refractivity contribution < 1.29 is 9.59 Å². The fourth-order valence-electron chi connectivity index (χ4n) is 2.92. The molecule has 1 aliphatic rings. The molecule has 3 amide bonds. The number of nitrogens with zero attached hydrogens (tertiary/aromatic N) is 2. The highest BCUT2D eigenvalue weighted by atomic mass is 32.1. The van der Waals surface area contributed by atoms with Gasteiger partial charge in [0.15, 0.2) is 0 Å². The first-order chi connectivity index (χ1) is 12.1. The zero-order valence-corrected chi connectivity index (χ0v) is 15.4. The number of hydrogen-bond acceptors (Lipinski definition) is 3. The molecule has 0 spiro atoms. The largest absolute Gasteiger partial charge is 0.336 e. The van der Waals surface area contributed by atoms with E-state index in [-0.39, 0.29) is 18.0 Å². The molecule has 25 heavy (non-hydrogen) atoms. The van der Waals surface area contributed by atoms with Gasteiger partial charge in [-0.15, -0.1) is 0 Å². The predicted octanol–water partition coefficient (Wildman–Crippen LogP) is 3.72. The van der Waals surface area contributed by atoms with Gasteiger partial charge < -0.3 is 10.2 Å². The third-order valence-electron chi connectivity index (χ3n) is 4.58. The Bertz CT molecular complexity index is 745. The molecule has 1 aromatic carbocycles. The number of anilines is 1. The third-order valence-corrected chi connectivity index (χ3v) is 5.31. The van der Waals surface area contributed by atoms with Crippen molar-refractivity contribution >= 4 is 29.0 Å². The van der Waals surface area contributed by atoms with Crippen LogP contribution in [0.4, 0.5) is 10.5 Å². The first-order valence-corrected chi connectivity index (χ1v) is 9.52. The number of nitrogens with one attached hydrogen (secondary N) is 1. The van der Waals surface area contributed by atoms with Gasteiger partial charge in [0, 0.05) is 36.9 Å². The Morgan fingerprint density at radius 2 is 2.24 bits per heavy atom. The van der Waals surface area contributed by atoms with Gasteiger partial charge in [0.2, 0.25) is 0 Å². The van der Waals surface area contributed by atoms with Crippen LogP contribution in [-0.4, -0.2) is 36.0 Å². The van der Waals surface area contributed by atoms with Crippen molar-refractivity contribution in [2.45, 2.75) is 32.9 Å². The second-order valence-corrected chi connectivity index (χ2v) is 7.04. The number of amides is 3. The molecule has 2 heterocycles. The van der Waals surface area contributed by atoms with Crippen LogP contribution >= 0.6 is 11.3 Å². The van der Waals surface area contributed by atoms with Gasteiger partial charge in [0.05, 0.1) is 0 Å². The molecule has 1 saturated heterocycles. The first-order valence-electron chi connectivity index (χ1n) is 8.57. The molecule has 0 aliphatic carbocycles. The van der Waals surface area contributed by atoms with Crippen LogP contribution in [-0.2, 0) is 6.54 Å². The SMILES string of the molecule is CC[C@@H](C)N(Cc1ccsc1)C(=O)c1cccc(N2CCNC2=O)c1. The summed E-state index contributed by atoms with van der Waals surface area (Å²) in [6.07, 6.45) is 0.893. The number of thiophene rings is 1. The van der Waals surface area contributed by atoms with Gasteiger partial charge in [0.25, 0.3) is 5.91 Å². The van der Waals surface area contributed by atoms with E-state index in [1.807, 2.05) is 34.5 Å². The monoisotopic (exact) mass is 357 g/mol. The third kappa shape index (κ3) is 3.85. The maximum atomic E-state index is 13.1. The zero-order chi connectivity index (χ0) is 17.8. The molecule has 5 nitrogen and oxygen atoms in total. The normalized spacial score (nSPS) is 15.1. The van der Waals surface area contributed by atoms with Gasteiger partial charge in [-0.3, -0.25) is 9.69 Å². The molecule has 0 bridgehead atoms. The van der Waals surface area contributed by atoms with E-state index in [4.69, 9.17) is 0 Å². The van der Waals surface area contributed by atoms with Crippen molar-refractivity contribution in [2.24, 2.45) is 0 Å². The minimum absolute atomic E-state index is 0.00186. The average molecular weight is 357 g/mol. The number of urea groups is 1. The molecule has 0 saturated carbocycles.